The summed E-state index contributed by atoms with van der Waals surface area (Å²) < 4.78 is 19.2. The second kappa shape index (κ2) is 9.38. The first-order valence-electron chi connectivity index (χ1n) is 10.3. The topological polar surface area (TPSA) is 55.3 Å². The Hall–Kier alpha value is -2.77. The molecule has 0 atom stereocenters. The molecule has 1 aromatic heterocycles. The Morgan fingerprint density at radius 1 is 1.28 bits per heavy atom. The van der Waals surface area contributed by atoms with Gasteiger partial charge in [-0.15, -0.1) is 10.2 Å². The van der Waals surface area contributed by atoms with Crippen LogP contribution in [0.15, 0.2) is 43.0 Å². The Morgan fingerprint density at radius 3 is 2.62 bits per heavy atom. The van der Waals surface area contributed by atoms with E-state index in [0.717, 1.165) is 41.3 Å². The molecule has 0 N–H and O–H groups in total. The molecule has 2 aromatic carbocycles. The lowest BCUT2D eigenvalue weighted by atomic mass is 10.1. The van der Waals surface area contributed by atoms with E-state index in [-0.39, 0.29) is 16.5 Å². The van der Waals surface area contributed by atoms with Crippen LogP contribution >= 0.6 is 22.9 Å². The van der Waals surface area contributed by atoms with Crippen molar-refractivity contribution in [3.05, 3.63) is 70.5 Å². The van der Waals surface area contributed by atoms with Crippen LogP contribution in [0.2, 0.25) is 5.02 Å². The van der Waals surface area contributed by atoms with E-state index < -0.39 is 5.82 Å². The molecule has 0 spiro atoms. The fraction of sp³-hybridized carbons (Fsp3) is 0.292. The number of ether oxygens (including phenoxy) is 1. The molecule has 0 aliphatic heterocycles. The summed E-state index contributed by atoms with van der Waals surface area (Å²) in [6.45, 7) is 8.63. The molecule has 1 aliphatic carbocycles. The van der Waals surface area contributed by atoms with Gasteiger partial charge in [0.1, 0.15) is 23.2 Å². The standard InChI is InChI=1S/C24H23ClFN3O2S/c1-4-9-31-21-14(2)10-17(11-15(21)3)22-27-28-24(32-22)29(13-16-5-6-16)23(30)19-8-7-18(26)12-20(19)25/h4,7-8,10-12,16H,1,5-6,9,13H2,2-3H3. The van der Waals surface area contributed by atoms with E-state index in [1.807, 2.05) is 26.0 Å². The molecule has 0 radical (unpaired) electrons. The first-order chi connectivity index (χ1) is 15.4. The summed E-state index contributed by atoms with van der Waals surface area (Å²) in [5.74, 6) is 0.473. The highest BCUT2D eigenvalue weighted by molar-refractivity contribution is 7.18. The van der Waals surface area contributed by atoms with E-state index in [2.05, 4.69) is 16.8 Å². The van der Waals surface area contributed by atoms with Crippen molar-refractivity contribution in [3.8, 4) is 16.3 Å². The molecule has 1 fully saturated rings. The van der Waals surface area contributed by atoms with Crippen molar-refractivity contribution >= 4 is 34.0 Å². The number of hydrogen-bond donors (Lipinski definition) is 0. The van der Waals surface area contributed by atoms with Gasteiger partial charge in [0.25, 0.3) is 5.91 Å². The molecule has 32 heavy (non-hydrogen) atoms. The molecule has 0 unspecified atom stereocenters. The monoisotopic (exact) mass is 471 g/mol. The van der Waals surface area contributed by atoms with Gasteiger partial charge in [-0.05, 0) is 74.1 Å². The highest BCUT2D eigenvalue weighted by atomic mass is 35.5. The minimum absolute atomic E-state index is 0.0851. The van der Waals surface area contributed by atoms with E-state index in [4.69, 9.17) is 16.3 Å². The third-order valence-corrected chi connectivity index (χ3v) is 6.55. The number of amides is 1. The lowest BCUT2D eigenvalue weighted by Crippen LogP contribution is -2.33. The van der Waals surface area contributed by atoms with Crippen molar-refractivity contribution in [1.29, 1.82) is 0 Å². The molecule has 1 aliphatic rings. The number of aromatic nitrogens is 2. The molecule has 5 nitrogen and oxygen atoms in total. The molecule has 4 rings (SSSR count). The van der Waals surface area contributed by atoms with Gasteiger partial charge in [0.05, 0.1) is 10.6 Å². The number of aryl methyl sites for hydroxylation is 2. The highest BCUT2D eigenvalue weighted by Crippen LogP contribution is 2.37. The second-order valence-electron chi connectivity index (χ2n) is 7.91. The summed E-state index contributed by atoms with van der Waals surface area (Å²) in [5.41, 5.74) is 3.14. The number of nitrogens with zero attached hydrogens (tertiary/aromatic N) is 3. The zero-order valence-electron chi connectivity index (χ0n) is 17.9. The third kappa shape index (κ3) is 4.84. The molecule has 3 aromatic rings. The summed E-state index contributed by atoms with van der Waals surface area (Å²) in [6, 6.07) is 7.80. The van der Waals surface area contributed by atoms with Crippen molar-refractivity contribution in [2.45, 2.75) is 26.7 Å². The van der Waals surface area contributed by atoms with Crippen molar-refractivity contribution < 1.29 is 13.9 Å². The maximum atomic E-state index is 13.5. The summed E-state index contributed by atoms with van der Waals surface area (Å²) in [5, 5.41) is 9.95. The third-order valence-electron chi connectivity index (χ3n) is 5.24. The number of carbonyl (C=O) groups excluding carboxylic acids is 1. The normalized spacial score (nSPS) is 13.1. The Kier molecular flexibility index (Phi) is 6.58. The number of benzene rings is 2. The van der Waals surface area contributed by atoms with Crippen molar-refractivity contribution in [2.24, 2.45) is 5.92 Å². The summed E-state index contributed by atoms with van der Waals surface area (Å²) in [4.78, 5) is 14.9. The van der Waals surface area contributed by atoms with E-state index >= 15 is 0 Å². The van der Waals surface area contributed by atoms with Gasteiger partial charge in [0.2, 0.25) is 5.13 Å². The largest absolute Gasteiger partial charge is 0.489 e. The maximum Gasteiger partial charge on any atom is 0.261 e. The van der Waals surface area contributed by atoms with Crippen molar-refractivity contribution in [1.82, 2.24) is 10.2 Å². The van der Waals surface area contributed by atoms with Crippen LogP contribution in [0.3, 0.4) is 0 Å². The van der Waals surface area contributed by atoms with Crippen LogP contribution in [0.25, 0.3) is 10.6 Å². The van der Waals surface area contributed by atoms with Gasteiger partial charge in [-0.1, -0.05) is 35.6 Å². The molecule has 0 saturated heterocycles. The molecule has 0 bridgehead atoms. The SMILES string of the molecule is C=CCOc1c(C)cc(-c2nnc(N(CC3CC3)C(=O)c3ccc(F)cc3Cl)s2)cc1C. The summed E-state index contributed by atoms with van der Waals surface area (Å²) >= 11 is 7.50. The Balaban J connectivity index is 1.65. The lowest BCUT2D eigenvalue weighted by molar-refractivity contribution is 0.0985. The Bertz CT molecular complexity index is 1150. The van der Waals surface area contributed by atoms with Gasteiger partial charge in [-0.25, -0.2) is 4.39 Å². The van der Waals surface area contributed by atoms with Gasteiger partial charge in [-0.2, -0.15) is 0 Å². The lowest BCUT2D eigenvalue weighted by Gasteiger charge is -2.19. The van der Waals surface area contributed by atoms with E-state index in [1.165, 1.54) is 23.5 Å². The summed E-state index contributed by atoms with van der Waals surface area (Å²) in [6.07, 6.45) is 3.84. The quantitative estimate of drug-likeness (QED) is 0.365. The molecule has 166 valence electrons. The summed E-state index contributed by atoms with van der Waals surface area (Å²) in [7, 11) is 0. The maximum absolute atomic E-state index is 13.5. The van der Waals surface area contributed by atoms with Gasteiger partial charge >= 0.3 is 0 Å². The van der Waals surface area contributed by atoms with Crippen molar-refractivity contribution in [2.75, 3.05) is 18.1 Å². The van der Waals surface area contributed by atoms with Crippen LogP contribution in [-0.4, -0.2) is 29.3 Å². The van der Waals surface area contributed by atoms with Crippen LogP contribution in [0.4, 0.5) is 9.52 Å². The predicted molar refractivity (Wildman–Crippen MR) is 126 cm³/mol. The minimum Gasteiger partial charge on any atom is -0.489 e. The highest BCUT2D eigenvalue weighted by Gasteiger charge is 2.31. The number of rotatable bonds is 8. The average Bonchev–Trinajstić information content (AvgIpc) is 3.44. The fourth-order valence-corrected chi connectivity index (χ4v) is 4.59. The van der Waals surface area contributed by atoms with Crippen LogP contribution < -0.4 is 9.64 Å². The zero-order valence-corrected chi connectivity index (χ0v) is 19.5. The molecule has 1 amide bonds. The number of carbonyl (C=O) groups is 1. The van der Waals surface area contributed by atoms with Crippen LogP contribution in [0.1, 0.15) is 34.3 Å². The zero-order chi connectivity index (χ0) is 22.8. The van der Waals surface area contributed by atoms with Crippen molar-refractivity contribution in [3.63, 3.8) is 0 Å². The van der Waals surface area contributed by atoms with Gasteiger partial charge < -0.3 is 4.74 Å². The number of anilines is 1. The van der Waals surface area contributed by atoms with Gasteiger partial charge in [0.15, 0.2) is 0 Å². The molecule has 8 heteroatoms. The Labute approximate surface area is 195 Å². The number of halogens is 2. The molecule has 1 saturated carbocycles. The van der Waals surface area contributed by atoms with Gasteiger partial charge in [0, 0.05) is 12.1 Å². The molecule has 1 heterocycles. The second-order valence-corrected chi connectivity index (χ2v) is 9.28. The smallest absolute Gasteiger partial charge is 0.261 e. The van der Waals surface area contributed by atoms with Gasteiger partial charge in [-0.3, -0.25) is 9.69 Å². The van der Waals surface area contributed by atoms with E-state index in [9.17, 15) is 9.18 Å². The van der Waals surface area contributed by atoms with Crippen LogP contribution in [-0.2, 0) is 0 Å². The van der Waals surface area contributed by atoms with Crippen LogP contribution in [0, 0.1) is 25.6 Å². The first-order valence-corrected chi connectivity index (χ1v) is 11.5. The van der Waals surface area contributed by atoms with E-state index in [0.29, 0.717) is 29.2 Å². The molecular weight excluding hydrogens is 449 g/mol. The first kappa shape index (κ1) is 22.4. The molecular formula is C24H23ClFN3O2S. The van der Waals surface area contributed by atoms with Crippen LogP contribution in [0.5, 0.6) is 5.75 Å². The predicted octanol–water partition coefficient (Wildman–Crippen LogP) is 6.24. The number of hydrogen-bond acceptors (Lipinski definition) is 5. The fourth-order valence-electron chi connectivity index (χ4n) is 3.50. The average molecular weight is 472 g/mol. The Morgan fingerprint density at radius 2 is 2.00 bits per heavy atom. The minimum atomic E-state index is -0.482. The van der Waals surface area contributed by atoms with E-state index in [1.54, 1.807) is 11.0 Å².